The van der Waals surface area contributed by atoms with Crippen molar-refractivity contribution >= 4 is 17.4 Å². The molecule has 0 unspecified atom stereocenters. The molecule has 0 saturated heterocycles. The van der Waals surface area contributed by atoms with Crippen LogP contribution in [0.25, 0.3) is 10.9 Å². The molecule has 1 radical (unpaired) electrons. The standard InChI is InChI=1S/C12H12NO2.Y/c1-8-3-10-5-11(6-15-7-14)13-12(10)4-9(8)2;/h3-5,13H,6H2,1-2H3;/q-1;. The third-order valence-corrected chi connectivity index (χ3v) is 2.58. The maximum atomic E-state index is 9.94. The first-order chi connectivity index (χ1) is 7.20. The van der Waals surface area contributed by atoms with Gasteiger partial charge in [0.1, 0.15) is 0 Å². The van der Waals surface area contributed by atoms with Gasteiger partial charge in [-0.15, -0.1) is 0 Å². The average Bonchev–Trinajstić information content (AvgIpc) is 2.58. The van der Waals surface area contributed by atoms with Crippen molar-refractivity contribution in [2.24, 2.45) is 0 Å². The van der Waals surface area contributed by atoms with E-state index >= 15 is 0 Å². The Morgan fingerprint density at radius 1 is 1.25 bits per heavy atom. The summed E-state index contributed by atoms with van der Waals surface area (Å²) in [5.74, 6) is 0. The Morgan fingerprint density at radius 2 is 1.94 bits per heavy atom. The van der Waals surface area contributed by atoms with Gasteiger partial charge in [0.25, 0.3) is 0 Å². The molecule has 3 nitrogen and oxygen atoms in total. The van der Waals surface area contributed by atoms with Crippen LogP contribution in [0.1, 0.15) is 16.8 Å². The van der Waals surface area contributed by atoms with Crippen molar-refractivity contribution in [2.75, 3.05) is 0 Å². The van der Waals surface area contributed by atoms with Gasteiger partial charge in [-0.05, 0) is 43.2 Å². The quantitative estimate of drug-likeness (QED) is 0.882. The number of H-pyrrole nitrogens is 1. The normalized spacial score (nSPS) is 9.88. The summed E-state index contributed by atoms with van der Waals surface area (Å²) in [7, 11) is 0. The molecule has 0 aliphatic carbocycles. The summed E-state index contributed by atoms with van der Waals surface area (Å²) in [6, 6.07) is 6.20. The number of benzene rings is 1. The molecular formula is C12H12NO2Y-. The van der Waals surface area contributed by atoms with E-state index in [2.05, 4.69) is 35.7 Å². The van der Waals surface area contributed by atoms with Crippen LogP contribution < -0.4 is 0 Å². The second-order valence-corrected chi connectivity index (χ2v) is 3.69. The molecule has 0 spiro atoms. The van der Waals surface area contributed by atoms with Crippen molar-refractivity contribution in [3.05, 3.63) is 35.0 Å². The molecule has 1 aromatic carbocycles. The minimum Gasteiger partial charge on any atom is -0.649 e. The van der Waals surface area contributed by atoms with Crippen molar-refractivity contribution in [2.45, 2.75) is 20.5 Å². The number of hydrogen-bond donors (Lipinski definition) is 1. The van der Waals surface area contributed by atoms with Gasteiger partial charge in [-0.1, -0.05) is 6.47 Å². The Hall–Kier alpha value is -0.666. The van der Waals surface area contributed by atoms with Gasteiger partial charge in [-0.25, -0.2) is 0 Å². The van der Waals surface area contributed by atoms with E-state index in [4.69, 9.17) is 0 Å². The first kappa shape index (κ1) is 13.4. The predicted molar refractivity (Wildman–Crippen MR) is 58.3 cm³/mol. The van der Waals surface area contributed by atoms with Crippen LogP contribution in [-0.2, 0) is 48.8 Å². The number of hydrogen-bond acceptors (Lipinski definition) is 2. The van der Waals surface area contributed by atoms with Gasteiger partial charge in [0.05, 0.1) is 12.3 Å². The van der Waals surface area contributed by atoms with Crippen LogP contribution in [0.15, 0.2) is 18.2 Å². The SMILES string of the molecule is Cc1cc2cc(CO[C-]=O)[nH]c2cc1C.[Y]. The summed E-state index contributed by atoms with van der Waals surface area (Å²) in [5, 5.41) is 1.14. The molecule has 0 fully saturated rings. The zero-order valence-electron chi connectivity index (χ0n) is 9.33. The molecule has 1 heterocycles. The maximum absolute atomic E-state index is 9.94. The number of ether oxygens (including phenoxy) is 1. The largest absolute Gasteiger partial charge is 0.649 e. The molecule has 2 aromatic rings. The van der Waals surface area contributed by atoms with E-state index in [9.17, 15) is 4.79 Å². The Bertz CT molecular complexity index is 466. The van der Waals surface area contributed by atoms with E-state index in [-0.39, 0.29) is 39.3 Å². The minimum absolute atomic E-state index is 0. The van der Waals surface area contributed by atoms with Gasteiger partial charge in [0.15, 0.2) is 0 Å². The Kier molecular flexibility index (Phi) is 4.69. The van der Waals surface area contributed by atoms with E-state index in [1.54, 1.807) is 0 Å². The van der Waals surface area contributed by atoms with Crippen LogP contribution >= 0.6 is 0 Å². The number of rotatable bonds is 3. The van der Waals surface area contributed by atoms with Gasteiger partial charge in [-0.2, -0.15) is 0 Å². The third kappa shape index (κ3) is 2.71. The van der Waals surface area contributed by atoms with Crippen LogP contribution in [0.2, 0.25) is 0 Å². The van der Waals surface area contributed by atoms with Gasteiger partial charge in [-0.3, -0.25) is 0 Å². The van der Waals surface area contributed by atoms with E-state index in [1.165, 1.54) is 17.6 Å². The fourth-order valence-corrected chi connectivity index (χ4v) is 1.65. The van der Waals surface area contributed by atoms with Crippen molar-refractivity contribution in [1.82, 2.24) is 4.98 Å². The zero-order chi connectivity index (χ0) is 10.8. The first-order valence-electron chi connectivity index (χ1n) is 4.78. The van der Waals surface area contributed by atoms with Crippen molar-refractivity contribution < 1.29 is 42.2 Å². The molecule has 0 atom stereocenters. The second kappa shape index (κ2) is 5.60. The van der Waals surface area contributed by atoms with Gasteiger partial charge in [0, 0.05) is 43.6 Å². The number of aromatic nitrogens is 1. The molecule has 4 heteroatoms. The zero-order valence-corrected chi connectivity index (χ0v) is 12.2. The fourth-order valence-electron chi connectivity index (χ4n) is 1.65. The first-order valence-corrected chi connectivity index (χ1v) is 4.78. The molecule has 0 bridgehead atoms. The molecule has 0 aliphatic rings. The number of aromatic amines is 1. The molecule has 16 heavy (non-hydrogen) atoms. The van der Waals surface area contributed by atoms with Gasteiger partial charge in [0.2, 0.25) is 0 Å². The van der Waals surface area contributed by atoms with Crippen molar-refractivity contribution in [1.29, 1.82) is 0 Å². The smallest absolute Gasteiger partial charge is 0.0899 e. The molecule has 0 saturated carbocycles. The summed E-state index contributed by atoms with van der Waals surface area (Å²) in [4.78, 5) is 13.1. The van der Waals surface area contributed by atoms with Crippen molar-refractivity contribution in [3.8, 4) is 0 Å². The topological polar surface area (TPSA) is 42.1 Å². The number of carbonyl (C=O) groups excluding carboxylic acids is 1. The monoisotopic (exact) mass is 291 g/mol. The Labute approximate surface area is 119 Å². The summed E-state index contributed by atoms with van der Waals surface area (Å²) in [6.45, 7) is 5.81. The van der Waals surface area contributed by atoms with E-state index in [0.717, 1.165) is 16.6 Å². The molecule has 1 aromatic heterocycles. The Balaban J connectivity index is 0.00000128. The number of fused-ring (bicyclic) bond motifs is 1. The summed E-state index contributed by atoms with van der Waals surface area (Å²) < 4.78 is 4.57. The van der Waals surface area contributed by atoms with E-state index in [0.29, 0.717) is 0 Å². The maximum Gasteiger partial charge on any atom is 0.0899 e. The second-order valence-electron chi connectivity index (χ2n) is 3.69. The number of aryl methyl sites for hydroxylation is 2. The van der Waals surface area contributed by atoms with Crippen molar-refractivity contribution in [3.63, 3.8) is 0 Å². The van der Waals surface area contributed by atoms with Crippen LogP contribution in [0.5, 0.6) is 0 Å². The Morgan fingerprint density at radius 3 is 2.62 bits per heavy atom. The fraction of sp³-hybridized carbons (Fsp3) is 0.250. The van der Waals surface area contributed by atoms with Crippen LogP contribution in [0.3, 0.4) is 0 Å². The summed E-state index contributed by atoms with van der Waals surface area (Å²) in [5.41, 5.74) is 4.47. The molecule has 0 amide bonds. The van der Waals surface area contributed by atoms with Crippen LogP contribution in [0.4, 0.5) is 0 Å². The van der Waals surface area contributed by atoms with E-state index in [1.807, 2.05) is 6.07 Å². The third-order valence-electron chi connectivity index (χ3n) is 2.58. The molecule has 1 N–H and O–H groups in total. The molecule has 0 aliphatic heterocycles. The summed E-state index contributed by atoms with van der Waals surface area (Å²) in [6.07, 6.45) is 0. The van der Waals surface area contributed by atoms with Crippen LogP contribution in [-0.4, -0.2) is 11.5 Å². The van der Waals surface area contributed by atoms with Gasteiger partial charge >= 0.3 is 0 Å². The molecule has 2 rings (SSSR count). The van der Waals surface area contributed by atoms with E-state index < -0.39 is 0 Å². The van der Waals surface area contributed by atoms with Gasteiger partial charge < -0.3 is 14.5 Å². The molecular weight excluding hydrogens is 279 g/mol. The predicted octanol–water partition coefficient (Wildman–Crippen LogP) is 2.37. The van der Waals surface area contributed by atoms with Crippen LogP contribution in [0, 0.1) is 13.8 Å². The molecule has 81 valence electrons. The number of nitrogens with one attached hydrogen (secondary N) is 1. The summed E-state index contributed by atoms with van der Waals surface area (Å²) >= 11 is 0. The minimum atomic E-state index is 0. The average molecular weight is 291 g/mol.